The molecule has 0 atom stereocenters. The Bertz CT molecular complexity index is 697. The summed E-state index contributed by atoms with van der Waals surface area (Å²) in [5.74, 6) is 0. The summed E-state index contributed by atoms with van der Waals surface area (Å²) in [4.78, 5) is 0.0717. The molecule has 0 unspecified atom stereocenters. The van der Waals surface area contributed by atoms with Crippen LogP contribution in [0, 0.1) is 6.92 Å². The molecule has 0 fully saturated rings. The summed E-state index contributed by atoms with van der Waals surface area (Å²) < 4.78 is 26.8. The van der Waals surface area contributed by atoms with Gasteiger partial charge in [0.1, 0.15) is 0 Å². The molecular weight excluding hydrogens is 305 g/mol. The Kier molecular flexibility index (Phi) is 4.04. The van der Waals surface area contributed by atoms with E-state index in [0.29, 0.717) is 10.7 Å². The summed E-state index contributed by atoms with van der Waals surface area (Å²) in [6.07, 6.45) is 0. The van der Waals surface area contributed by atoms with Gasteiger partial charge < -0.3 is 0 Å². The van der Waals surface area contributed by atoms with Crippen LogP contribution in [0.5, 0.6) is 0 Å². The zero-order valence-corrected chi connectivity index (χ0v) is 12.4. The Hall–Kier alpha value is -1.23. The fourth-order valence-electron chi connectivity index (χ4n) is 1.48. The summed E-state index contributed by atoms with van der Waals surface area (Å²) in [5.41, 5.74) is 1.55. The van der Waals surface area contributed by atoms with Crippen molar-refractivity contribution in [1.82, 2.24) is 0 Å². The molecule has 0 aliphatic carbocycles. The van der Waals surface area contributed by atoms with Crippen molar-refractivity contribution in [3.8, 4) is 0 Å². The largest absolute Gasteiger partial charge is 0.280 e. The lowest BCUT2D eigenvalue weighted by atomic mass is 10.2. The van der Waals surface area contributed by atoms with Crippen LogP contribution in [0.3, 0.4) is 0 Å². The molecule has 0 aromatic heterocycles. The number of nitrogens with one attached hydrogen (secondary N) is 1. The minimum absolute atomic E-state index is 0.0717. The van der Waals surface area contributed by atoms with Gasteiger partial charge in [0, 0.05) is 5.69 Å². The van der Waals surface area contributed by atoms with Crippen molar-refractivity contribution in [2.45, 2.75) is 11.8 Å². The Morgan fingerprint density at radius 2 is 1.58 bits per heavy atom. The molecule has 3 nitrogen and oxygen atoms in total. The fourth-order valence-corrected chi connectivity index (χ4v) is 2.93. The lowest BCUT2D eigenvalue weighted by molar-refractivity contribution is 0.601. The lowest BCUT2D eigenvalue weighted by Crippen LogP contribution is -2.12. The molecular formula is C13H11Cl2NO2S. The molecule has 0 radical (unpaired) electrons. The first kappa shape index (κ1) is 14.2. The van der Waals surface area contributed by atoms with Crippen molar-refractivity contribution in [2.75, 3.05) is 4.72 Å². The zero-order chi connectivity index (χ0) is 14.0. The van der Waals surface area contributed by atoms with E-state index in [0.717, 1.165) is 5.56 Å². The van der Waals surface area contributed by atoms with Gasteiger partial charge in [0.15, 0.2) is 0 Å². The molecule has 0 amide bonds. The molecule has 2 aromatic rings. The number of benzene rings is 2. The van der Waals surface area contributed by atoms with Gasteiger partial charge in [-0.25, -0.2) is 8.42 Å². The average molecular weight is 316 g/mol. The van der Waals surface area contributed by atoms with Crippen LogP contribution in [0.15, 0.2) is 47.4 Å². The van der Waals surface area contributed by atoms with Crippen LogP contribution in [0.25, 0.3) is 0 Å². The third-order valence-electron chi connectivity index (χ3n) is 2.51. The smallest absolute Gasteiger partial charge is 0.261 e. The number of anilines is 1. The van der Waals surface area contributed by atoms with Crippen LogP contribution < -0.4 is 4.72 Å². The molecule has 1 N–H and O–H groups in total. The number of sulfonamides is 1. The van der Waals surface area contributed by atoms with E-state index in [1.165, 1.54) is 18.2 Å². The van der Waals surface area contributed by atoms with Gasteiger partial charge in [0.2, 0.25) is 0 Å². The summed E-state index contributed by atoms with van der Waals surface area (Å²) in [6, 6.07) is 11.2. The first-order valence-electron chi connectivity index (χ1n) is 5.43. The van der Waals surface area contributed by atoms with Gasteiger partial charge in [0.25, 0.3) is 10.0 Å². The predicted octanol–water partition coefficient (Wildman–Crippen LogP) is 4.10. The molecule has 0 aliphatic heterocycles. The maximum absolute atomic E-state index is 12.1. The second kappa shape index (κ2) is 5.41. The summed E-state index contributed by atoms with van der Waals surface area (Å²) in [5, 5.41) is 0.518. The number of halogens is 2. The number of hydrogen-bond acceptors (Lipinski definition) is 2. The van der Waals surface area contributed by atoms with E-state index in [9.17, 15) is 8.42 Å². The van der Waals surface area contributed by atoms with Crippen molar-refractivity contribution in [3.63, 3.8) is 0 Å². The minimum atomic E-state index is -3.66. The van der Waals surface area contributed by atoms with E-state index in [2.05, 4.69) is 4.72 Å². The van der Waals surface area contributed by atoms with E-state index in [4.69, 9.17) is 23.2 Å². The van der Waals surface area contributed by atoms with E-state index in [1.54, 1.807) is 12.1 Å². The molecule has 0 aliphatic rings. The first-order valence-corrected chi connectivity index (χ1v) is 7.67. The zero-order valence-electron chi connectivity index (χ0n) is 10.0. The second-order valence-corrected chi connectivity index (χ2v) is 6.54. The highest BCUT2D eigenvalue weighted by molar-refractivity contribution is 7.92. The number of rotatable bonds is 3. The summed E-state index contributed by atoms with van der Waals surface area (Å²) >= 11 is 11.6. The fraction of sp³-hybridized carbons (Fsp3) is 0.0769. The van der Waals surface area contributed by atoms with Gasteiger partial charge in [-0.3, -0.25) is 4.72 Å². The maximum Gasteiger partial charge on any atom is 0.261 e. The van der Waals surface area contributed by atoms with Crippen LogP contribution in [0.1, 0.15) is 5.56 Å². The van der Waals surface area contributed by atoms with Crippen molar-refractivity contribution < 1.29 is 8.42 Å². The molecule has 100 valence electrons. The molecule has 0 saturated carbocycles. The molecule has 0 saturated heterocycles. The normalized spacial score (nSPS) is 11.3. The molecule has 2 aromatic carbocycles. The van der Waals surface area contributed by atoms with Crippen LogP contribution in [0.4, 0.5) is 5.69 Å². The minimum Gasteiger partial charge on any atom is -0.280 e. The van der Waals surface area contributed by atoms with Crippen molar-refractivity contribution in [1.29, 1.82) is 0 Å². The van der Waals surface area contributed by atoms with Crippen LogP contribution >= 0.6 is 23.2 Å². The van der Waals surface area contributed by atoms with E-state index in [-0.39, 0.29) is 9.92 Å². The standard InChI is InChI=1S/C13H11Cl2NO2S/c1-9-2-4-10(5-3-9)16-19(17,18)11-6-7-12(14)13(15)8-11/h2-8,16H,1H3. The van der Waals surface area contributed by atoms with E-state index >= 15 is 0 Å². The van der Waals surface area contributed by atoms with Gasteiger partial charge in [-0.15, -0.1) is 0 Å². The van der Waals surface area contributed by atoms with Crippen LogP contribution in [-0.4, -0.2) is 8.42 Å². The Morgan fingerprint density at radius 3 is 2.16 bits per heavy atom. The number of hydrogen-bond donors (Lipinski definition) is 1. The van der Waals surface area contributed by atoms with Gasteiger partial charge in [-0.2, -0.15) is 0 Å². The number of aryl methyl sites for hydroxylation is 1. The second-order valence-electron chi connectivity index (χ2n) is 4.05. The molecule has 0 spiro atoms. The summed E-state index contributed by atoms with van der Waals surface area (Å²) in [7, 11) is -3.66. The van der Waals surface area contributed by atoms with Crippen LogP contribution in [-0.2, 0) is 10.0 Å². The van der Waals surface area contributed by atoms with Crippen molar-refractivity contribution >= 4 is 38.9 Å². The molecule has 0 heterocycles. The highest BCUT2D eigenvalue weighted by Gasteiger charge is 2.15. The third-order valence-corrected chi connectivity index (χ3v) is 4.62. The molecule has 0 bridgehead atoms. The van der Waals surface area contributed by atoms with Gasteiger partial charge >= 0.3 is 0 Å². The Labute approximate surface area is 122 Å². The average Bonchev–Trinajstić information content (AvgIpc) is 2.35. The van der Waals surface area contributed by atoms with Gasteiger partial charge in [-0.05, 0) is 37.3 Å². The predicted molar refractivity (Wildman–Crippen MR) is 78.4 cm³/mol. The van der Waals surface area contributed by atoms with Crippen molar-refractivity contribution in [2.24, 2.45) is 0 Å². The summed E-state index contributed by atoms with van der Waals surface area (Å²) in [6.45, 7) is 1.93. The molecule has 2 rings (SSSR count). The lowest BCUT2D eigenvalue weighted by Gasteiger charge is -2.09. The Morgan fingerprint density at radius 1 is 0.947 bits per heavy atom. The van der Waals surface area contributed by atoms with Gasteiger partial charge in [-0.1, -0.05) is 40.9 Å². The highest BCUT2D eigenvalue weighted by Crippen LogP contribution is 2.26. The van der Waals surface area contributed by atoms with Gasteiger partial charge in [0.05, 0.1) is 14.9 Å². The van der Waals surface area contributed by atoms with E-state index < -0.39 is 10.0 Å². The first-order chi connectivity index (χ1) is 8.88. The van der Waals surface area contributed by atoms with E-state index in [1.807, 2.05) is 19.1 Å². The topological polar surface area (TPSA) is 46.2 Å². The monoisotopic (exact) mass is 315 g/mol. The molecule has 19 heavy (non-hydrogen) atoms. The SMILES string of the molecule is Cc1ccc(NS(=O)(=O)c2ccc(Cl)c(Cl)c2)cc1. The third kappa shape index (κ3) is 3.41. The maximum atomic E-state index is 12.1. The Balaban J connectivity index is 2.32. The van der Waals surface area contributed by atoms with Crippen molar-refractivity contribution in [3.05, 3.63) is 58.1 Å². The highest BCUT2D eigenvalue weighted by atomic mass is 35.5. The quantitative estimate of drug-likeness (QED) is 0.926. The molecule has 6 heteroatoms. The van der Waals surface area contributed by atoms with Crippen LogP contribution in [0.2, 0.25) is 10.0 Å².